The molecule has 3 rings (SSSR count). The lowest BCUT2D eigenvalue weighted by Crippen LogP contribution is -2.29. The smallest absolute Gasteiger partial charge is 0.135 e. The van der Waals surface area contributed by atoms with Gasteiger partial charge in [-0.25, -0.2) is 18.2 Å². The van der Waals surface area contributed by atoms with Crippen molar-refractivity contribution in [3.05, 3.63) is 64.2 Å². The number of ether oxygens (including phenoxy) is 1. The first-order valence-electron chi connectivity index (χ1n) is 6.44. The van der Waals surface area contributed by atoms with Gasteiger partial charge in [-0.1, -0.05) is 11.6 Å². The van der Waals surface area contributed by atoms with Crippen molar-refractivity contribution in [3.8, 4) is 0 Å². The zero-order valence-electron chi connectivity index (χ0n) is 10.9. The summed E-state index contributed by atoms with van der Waals surface area (Å²) >= 11 is 5.86. The molecule has 1 unspecified atom stereocenters. The zero-order chi connectivity index (χ0) is 15.0. The molecule has 0 N–H and O–H groups in total. The van der Waals surface area contributed by atoms with E-state index >= 15 is 0 Å². The van der Waals surface area contributed by atoms with Crippen molar-refractivity contribution in [1.82, 2.24) is 4.98 Å². The van der Waals surface area contributed by atoms with Crippen LogP contribution in [0.3, 0.4) is 0 Å². The molecule has 1 aliphatic rings. The van der Waals surface area contributed by atoms with Gasteiger partial charge in [-0.2, -0.15) is 0 Å². The van der Waals surface area contributed by atoms with Crippen LogP contribution in [0.1, 0.15) is 24.0 Å². The van der Waals surface area contributed by atoms with Gasteiger partial charge in [-0.15, -0.1) is 0 Å². The van der Waals surface area contributed by atoms with Crippen LogP contribution in [0.15, 0.2) is 30.5 Å². The van der Waals surface area contributed by atoms with E-state index in [1.54, 1.807) is 6.07 Å². The molecule has 0 bridgehead atoms. The van der Waals surface area contributed by atoms with Crippen molar-refractivity contribution >= 4 is 11.6 Å². The lowest BCUT2D eigenvalue weighted by atomic mass is 9.83. The zero-order valence-corrected chi connectivity index (χ0v) is 11.6. The van der Waals surface area contributed by atoms with E-state index in [-0.39, 0.29) is 10.7 Å². The maximum absolute atomic E-state index is 14.2. The second kappa shape index (κ2) is 5.31. The Labute approximate surface area is 124 Å². The van der Waals surface area contributed by atoms with E-state index < -0.39 is 23.1 Å². The molecule has 1 aromatic carbocycles. The number of benzene rings is 1. The van der Waals surface area contributed by atoms with Crippen LogP contribution < -0.4 is 0 Å². The average molecular weight is 314 g/mol. The first-order chi connectivity index (χ1) is 10.0. The molecule has 0 spiro atoms. The van der Waals surface area contributed by atoms with E-state index in [0.717, 1.165) is 0 Å². The molecule has 110 valence electrons. The van der Waals surface area contributed by atoms with E-state index in [1.807, 2.05) is 0 Å². The van der Waals surface area contributed by atoms with Gasteiger partial charge >= 0.3 is 0 Å². The van der Waals surface area contributed by atoms with Crippen LogP contribution in [-0.2, 0) is 10.3 Å². The SMILES string of the molecule is Fc1cc(F)c(C2(c3ccnc(Cl)c3)CCCO2)c(F)c1. The van der Waals surface area contributed by atoms with Crippen molar-refractivity contribution in [1.29, 1.82) is 0 Å². The molecule has 21 heavy (non-hydrogen) atoms. The Morgan fingerprint density at radius 1 is 1.14 bits per heavy atom. The summed E-state index contributed by atoms with van der Waals surface area (Å²) in [6, 6.07) is 4.42. The second-order valence-electron chi connectivity index (χ2n) is 4.89. The summed E-state index contributed by atoms with van der Waals surface area (Å²) in [5.74, 6) is -2.90. The summed E-state index contributed by atoms with van der Waals surface area (Å²) in [5, 5.41) is 0.199. The van der Waals surface area contributed by atoms with Crippen LogP contribution in [0.25, 0.3) is 0 Å². The van der Waals surface area contributed by atoms with Gasteiger partial charge in [0.1, 0.15) is 28.2 Å². The number of halogens is 4. The van der Waals surface area contributed by atoms with Crippen LogP contribution in [0.2, 0.25) is 5.15 Å². The fourth-order valence-electron chi connectivity index (χ4n) is 2.79. The van der Waals surface area contributed by atoms with Crippen molar-refractivity contribution in [2.75, 3.05) is 6.61 Å². The molecule has 1 saturated heterocycles. The molecule has 1 fully saturated rings. The Balaban J connectivity index is 2.24. The fraction of sp³-hybridized carbons (Fsp3) is 0.267. The molecule has 6 heteroatoms. The minimum absolute atomic E-state index is 0.199. The third kappa shape index (κ3) is 2.40. The molecule has 0 radical (unpaired) electrons. The standard InChI is InChI=1S/C15H11ClF3NO/c16-13-6-9(2-4-20-13)15(3-1-5-21-15)14-11(18)7-10(17)8-12(14)19/h2,4,6-8H,1,3,5H2. The molecule has 0 aliphatic carbocycles. The van der Waals surface area contributed by atoms with Gasteiger partial charge in [0.2, 0.25) is 0 Å². The van der Waals surface area contributed by atoms with Gasteiger partial charge in [-0.3, -0.25) is 0 Å². The van der Waals surface area contributed by atoms with E-state index in [9.17, 15) is 13.2 Å². The molecular weight excluding hydrogens is 303 g/mol. The van der Waals surface area contributed by atoms with E-state index in [0.29, 0.717) is 37.1 Å². The van der Waals surface area contributed by atoms with Crippen molar-refractivity contribution in [2.24, 2.45) is 0 Å². The summed E-state index contributed by atoms with van der Waals surface area (Å²) in [7, 11) is 0. The fourth-order valence-corrected chi connectivity index (χ4v) is 2.96. The number of hydrogen-bond donors (Lipinski definition) is 0. The largest absolute Gasteiger partial charge is 0.365 e. The van der Waals surface area contributed by atoms with Crippen molar-refractivity contribution in [3.63, 3.8) is 0 Å². The molecule has 0 saturated carbocycles. The Kier molecular flexibility index (Phi) is 3.63. The number of hydrogen-bond acceptors (Lipinski definition) is 2. The van der Waals surface area contributed by atoms with Gasteiger partial charge in [0.25, 0.3) is 0 Å². The van der Waals surface area contributed by atoms with Gasteiger partial charge in [0.15, 0.2) is 0 Å². The first kappa shape index (κ1) is 14.4. The third-order valence-corrected chi connectivity index (χ3v) is 3.83. The number of pyridine rings is 1. The van der Waals surface area contributed by atoms with Crippen LogP contribution >= 0.6 is 11.6 Å². The molecule has 2 heterocycles. The summed E-state index contributed by atoms with van der Waals surface area (Å²) in [6.07, 6.45) is 2.46. The highest BCUT2D eigenvalue weighted by atomic mass is 35.5. The van der Waals surface area contributed by atoms with Gasteiger partial charge < -0.3 is 4.74 Å². The Morgan fingerprint density at radius 3 is 2.43 bits per heavy atom. The van der Waals surface area contributed by atoms with E-state index in [1.165, 1.54) is 12.3 Å². The summed E-state index contributed by atoms with van der Waals surface area (Å²) in [6.45, 7) is 0.357. The number of rotatable bonds is 2. The molecule has 2 nitrogen and oxygen atoms in total. The molecule has 1 aliphatic heterocycles. The van der Waals surface area contributed by atoms with Gasteiger partial charge in [-0.05, 0) is 30.5 Å². The van der Waals surface area contributed by atoms with Crippen LogP contribution in [-0.4, -0.2) is 11.6 Å². The summed E-state index contributed by atoms with van der Waals surface area (Å²) in [5.41, 5.74) is -1.08. The number of nitrogens with zero attached hydrogens (tertiary/aromatic N) is 1. The minimum atomic E-state index is -1.30. The van der Waals surface area contributed by atoms with E-state index in [4.69, 9.17) is 16.3 Å². The van der Waals surface area contributed by atoms with Crippen molar-refractivity contribution in [2.45, 2.75) is 18.4 Å². The normalized spacial score (nSPS) is 21.7. The minimum Gasteiger partial charge on any atom is -0.365 e. The predicted molar refractivity (Wildman–Crippen MR) is 71.5 cm³/mol. The summed E-state index contributed by atoms with van der Waals surface area (Å²) < 4.78 is 47.2. The van der Waals surface area contributed by atoms with Gasteiger partial charge in [0.05, 0.1) is 5.56 Å². The Hall–Kier alpha value is -1.59. The quantitative estimate of drug-likeness (QED) is 0.775. The third-order valence-electron chi connectivity index (χ3n) is 3.63. The first-order valence-corrected chi connectivity index (χ1v) is 6.82. The highest BCUT2D eigenvalue weighted by molar-refractivity contribution is 6.29. The Bertz CT molecular complexity index is 663. The predicted octanol–water partition coefficient (Wildman–Crippen LogP) is 4.21. The lowest BCUT2D eigenvalue weighted by Gasteiger charge is -2.30. The molecular formula is C15H11ClF3NO. The summed E-state index contributed by atoms with van der Waals surface area (Å²) in [4.78, 5) is 3.86. The maximum Gasteiger partial charge on any atom is 0.135 e. The monoisotopic (exact) mass is 313 g/mol. The Morgan fingerprint density at radius 2 is 1.86 bits per heavy atom. The molecule has 1 aromatic heterocycles. The average Bonchev–Trinajstić information content (AvgIpc) is 2.88. The van der Waals surface area contributed by atoms with Crippen LogP contribution in [0.5, 0.6) is 0 Å². The van der Waals surface area contributed by atoms with Gasteiger partial charge in [0, 0.05) is 24.9 Å². The highest BCUT2D eigenvalue weighted by Crippen LogP contribution is 2.44. The van der Waals surface area contributed by atoms with Crippen molar-refractivity contribution < 1.29 is 17.9 Å². The van der Waals surface area contributed by atoms with E-state index in [2.05, 4.69) is 4.98 Å². The topological polar surface area (TPSA) is 22.1 Å². The molecule has 2 aromatic rings. The molecule has 0 amide bonds. The lowest BCUT2D eigenvalue weighted by molar-refractivity contribution is 0.0298. The van der Waals surface area contributed by atoms with Crippen LogP contribution in [0.4, 0.5) is 13.2 Å². The number of aromatic nitrogens is 1. The maximum atomic E-state index is 14.2. The highest BCUT2D eigenvalue weighted by Gasteiger charge is 2.43. The molecule has 1 atom stereocenters. The van der Waals surface area contributed by atoms with Crippen LogP contribution in [0, 0.1) is 17.5 Å². The second-order valence-corrected chi connectivity index (χ2v) is 5.28.